The van der Waals surface area contributed by atoms with E-state index in [1.165, 1.54) is 36.0 Å². The standard InChI is InChI=1S/C19H25N5/c1-21-14-11-24(12-14)18-16-10-4-2-3-7-13-8-5-6-9-15(13)17(16)22-19(20)23-18/h5-6,8-9,14,21H,2-4,7,10-12H2,1H3,(H2,20,22,23). The number of fused-ring (bicyclic) bond motifs is 3. The van der Waals surface area contributed by atoms with Crippen LogP contribution in [0, 0.1) is 0 Å². The van der Waals surface area contributed by atoms with Gasteiger partial charge in [-0.25, -0.2) is 4.98 Å². The molecule has 4 rings (SSSR count). The average molecular weight is 323 g/mol. The van der Waals surface area contributed by atoms with Crippen molar-refractivity contribution >= 4 is 11.8 Å². The first-order chi connectivity index (χ1) is 11.8. The van der Waals surface area contributed by atoms with E-state index in [4.69, 9.17) is 5.73 Å². The molecule has 5 nitrogen and oxygen atoms in total. The largest absolute Gasteiger partial charge is 0.368 e. The first-order valence-electron chi connectivity index (χ1n) is 8.93. The molecule has 126 valence electrons. The normalized spacial score (nSPS) is 18.0. The number of aromatic nitrogens is 2. The molecule has 2 aliphatic rings. The average Bonchev–Trinajstić information content (AvgIpc) is 2.63. The maximum atomic E-state index is 6.09. The van der Waals surface area contributed by atoms with Gasteiger partial charge in [0.25, 0.3) is 0 Å². The number of hydrogen-bond acceptors (Lipinski definition) is 5. The van der Waals surface area contributed by atoms with Crippen LogP contribution in [0.25, 0.3) is 11.3 Å². The van der Waals surface area contributed by atoms with Crippen molar-refractivity contribution in [1.29, 1.82) is 0 Å². The van der Waals surface area contributed by atoms with Gasteiger partial charge in [0.05, 0.1) is 5.69 Å². The fraction of sp³-hybridized carbons (Fsp3) is 0.474. The van der Waals surface area contributed by atoms with Gasteiger partial charge in [0.15, 0.2) is 0 Å². The van der Waals surface area contributed by atoms with Crippen LogP contribution in [0.1, 0.15) is 30.4 Å². The SMILES string of the molecule is CNC1CN(c2nc(N)nc3c2CCCCCc2ccccc2-3)C1. The van der Waals surface area contributed by atoms with E-state index in [0.717, 1.165) is 37.4 Å². The molecule has 1 aliphatic heterocycles. The molecule has 0 bridgehead atoms. The summed E-state index contributed by atoms with van der Waals surface area (Å²) in [5.41, 5.74) is 11.0. The van der Waals surface area contributed by atoms with Crippen LogP contribution in [-0.2, 0) is 12.8 Å². The molecule has 1 saturated heterocycles. The number of nitrogen functional groups attached to an aromatic ring is 1. The Morgan fingerprint density at radius 1 is 1.08 bits per heavy atom. The van der Waals surface area contributed by atoms with E-state index in [9.17, 15) is 0 Å². The number of likely N-dealkylation sites (N-methyl/N-ethyl adjacent to an activating group) is 1. The monoisotopic (exact) mass is 323 g/mol. The highest BCUT2D eigenvalue weighted by Crippen LogP contribution is 2.36. The summed E-state index contributed by atoms with van der Waals surface area (Å²) in [5.74, 6) is 1.42. The molecule has 2 heterocycles. The van der Waals surface area contributed by atoms with E-state index < -0.39 is 0 Å². The van der Waals surface area contributed by atoms with Crippen LogP contribution in [0.15, 0.2) is 24.3 Å². The number of nitrogens with two attached hydrogens (primary N) is 1. The number of benzene rings is 1. The number of hydrogen-bond donors (Lipinski definition) is 2. The van der Waals surface area contributed by atoms with E-state index in [0.29, 0.717) is 12.0 Å². The fourth-order valence-electron chi connectivity index (χ4n) is 3.80. The van der Waals surface area contributed by atoms with Gasteiger partial charge in [0.2, 0.25) is 5.95 Å². The van der Waals surface area contributed by atoms with Crippen LogP contribution < -0.4 is 16.0 Å². The van der Waals surface area contributed by atoms with Crippen molar-refractivity contribution in [2.24, 2.45) is 0 Å². The molecule has 0 amide bonds. The minimum absolute atomic E-state index is 0.380. The van der Waals surface area contributed by atoms with E-state index in [1.807, 2.05) is 7.05 Å². The van der Waals surface area contributed by atoms with Gasteiger partial charge in [0, 0.05) is 30.3 Å². The molecule has 24 heavy (non-hydrogen) atoms. The van der Waals surface area contributed by atoms with Crippen molar-refractivity contribution in [2.45, 2.75) is 38.1 Å². The van der Waals surface area contributed by atoms with Crippen LogP contribution in [0.2, 0.25) is 0 Å². The second-order valence-corrected chi connectivity index (χ2v) is 6.84. The number of nitrogens with one attached hydrogen (secondary N) is 1. The lowest BCUT2D eigenvalue weighted by Crippen LogP contribution is -2.57. The zero-order valence-corrected chi connectivity index (χ0v) is 14.3. The van der Waals surface area contributed by atoms with Crippen LogP contribution >= 0.6 is 0 Å². The van der Waals surface area contributed by atoms with E-state index >= 15 is 0 Å². The topological polar surface area (TPSA) is 67.1 Å². The molecule has 1 aromatic carbocycles. The molecule has 1 fully saturated rings. The van der Waals surface area contributed by atoms with Crippen molar-refractivity contribution < 1.29 is 0 Å². The lowest BCUT2D eigenvalue weighted by Gasteiger charge is -2.41. The van der Waals surface area contributed by atoms with Crippen LogP contribution in [0.4, 0.5) is 11.8 Å². The Kier molecular flexibility index (Phi) is 4.10. The Morgan fingerprint density at radius 3 is 2.71 bits per heavy atom. The van der Waals surface area contributed by atoms with Gasteiger partial charge in [-0.3, -0.25) is 0 Å². The van der Waals surface area contributed by atoms with E-state index in [1.54, 1.807) is 0 Å². The maximum Gasteiger partial charge on any atom is 0.222 e. The summed E-state index contributed by atoms with van der Waals surface area (Å²) in [7, 11) is 2.02. The lowest BCUT2D eigenvalue weighted by atomic mass is 9.97. The summed E-state index contributed by atoms with van der Waals surface area (Å²) in [6, 6.07) is 9.17. The maximum absolute atomic E-state index is 6.09. The highest BCUT2D eigenvalue weighted by atomic mass is 15.3. The predicted molar refractivity (Wildman–Crippen MR) is 98.2 cm³/mol. The lowest BCUT2D eigenvalue weighted by molar-refractivity contribution is 0.446. The smallest absolute Gasteiger partial charge is 0.222 e. The van der Waals surface area contributed by atoms with Crippen molar-refractivity contribution in [3.05, 3.63) is 35.4 Å². The number of nitrogens with zero attached hydrogens (tertiary/aromatic N) is 3. The van der Waals surface area contributed by atoms with Crippen molar-refractivity contribution in [1.82, 2.24) is 15.3 Å². The Balaban J connectivity index is 1.83. The zero-order chi connectivity index (χ0) is 16.5. The summed E-state index contributed by atoms with van der Waals surface area (Å²) >= 11 is 0. The predicted octanol–water partition coefficient (Wildman–Crippen LogP) is 2.40. The van der Waals surface area contributed by atoms with Gasteiger partial charge in [0.1, 0.15) is 5.82 Å². The first kappa shape index (κ1) is 15.4. The van der Waals surface area contributed by atoms with Gasteiger partial charge in [-0.1, -0.05) is 30.7 Å². The molecule has 2 aromatic rings. The molecular formula is C19H25N5. The van der Waals surface area contributed by atoms with Gasteiger partial charge >= 0.3 is 0 Å². The molecule has 3 N–H and O–H groups in total. The van der Waals surface area contributed by atoms with Gasteiger partial charge in [-0.05, 0) is 38.3 Å². The van der Waals surface area contributed by atoms with Crippen LogP contribution in [-0.4, -0.2) is 36.1 Å². The molecule has 5 heteroatoms. The summed E-state index contributed by atoms with van der Waals surface area (Å²) in [5, 5.41) is 3.33. The highest BCUT2D eigenvalue weighted by Gasteiger charge is 2.30. The quantitative estimate of drug-likeness (QED) is 0.888. The van der Waals surface area contributed by atoms with E-state index in [-0.39, 0.29) is 0 Å². The molecule has 1 aromatic heterocycles. The fourth-order valence-corrected chi connectivity index (χ4v) is 3.80. The van der Waals surface area contributed by atoms with Crippen LogP contribution in [0.5, 0.6) is 0 Å². The van der Waals surface area contributed by atoms with Crippen molar-refractivity contribution in [3.8, 4) is 11.3 Å². The molecule has 0 saturated carbocycles. The molecular weight excluding hydrogens is 298 g/mol. The van der Waals surface area contributed by atoms with Crippen molar-refractivity contribution in [3.63, 3.8) is 0 Å². The summed E-state index contributed by atoms with van der Waals surface area (Å²) in [6.07, 6.45) is 5.80. The number of aryl methyl sites for hydroxylation is 1. The Bertz CT molecular complexity index is 737. The van der Waals surface area contributed by atoms with Crippen LogP contribution in [0.3, 0.4) is 0 Å². The Morgan fingerprint density at radius 2 is 1.88 bits per heavy atom. The van der Waals surface area contributed by atoms with Gasteiger partial charge in [-0.15, -0.1) is 0 Å². The highest BCUT2D eigenvalue weighted by molar-refractivity contribution is 5.73. The third kappa shape index (κ3) is 2.73. The minimum Gasteiger partial charge on any atom is -0.368 e. The van der Waals surface area contributed by atoms with E-state index in [2.05, 4.69) is 44.5 Å². The molecule has 0 radical (unpaired) electrons. The van der Waals surface area contributed by atoms with Crippen molar-refractivity contribution in [2.75, 3.05) is 30.8 Å². The second kappa shape index (κ2) is 6.40. The minimum atomic E-state index is 0.380. The summed E-state index contributed by atoms with van der Waals surface area (Å²) < 4.78 is 0. The third-order valence-electron chi connectivity index (χ3n) is 5.24. The number of anilines is 2. The first-order valence-corrected chi connectivity index (χ1v) is 8.93. The number of rotatable bonds is 2. The van der Waals surface area contributed by atoms with Gasteiger partial charge in [-0.2, -0.15) is 4.98 Å². The second-order valence-electron chi connectivity index (χ2n) is 6.84. The summed E-state index contributed by atoms with van der Waals surface area (Å²) in [6.45, 7) is 1.97. The molecule has 1 aliphatic carbocycles. The summed E-state index contributed by atoms with van der Waals surface area (Å²) in [4.78, 5) is 11.6. The molecule has 0 spiro atoms. The zero-order valence-electron chi connectivity index (χ0n) is 14.3. The third-order valence-corrected chi connectivity index (χ3v) is 5.24. The molecule has 0 atom stereocenters. The molecule has 0 unspecified atom stereocenters. The Hall–Kier alpha value is -2.14. The van der Waals surface area contributed by atoms with Gasteiger partial charge < -0.3 is 16.0 Å². The Labute approximate surface area is 143 Å².